The first-order valence-corrected chi connectivity index (χ1v) is 9.09. The monoisotopic (exact) mass is 462 g/mol. The highest BCUT2D eigenvalue weighted by atomic mass is 127. The molecule has 1 aliphatic rings. The lowest BCUT2D eigenvalue weighted by Crippen LogP contribution is -2.40. The van der Waals surface area contributed by atoms with E-state index in [4.69, 9.17) is 0 Å². The largest absolute Gasteiger partial charge is 0.356 e. The molecule has 0 radical (unpaired) electrons. The van der Waals surface area contributed by atoms with Crippen LogP contribution in [-0.4, -0.2) is 50.6 Å². The van der Waals surface area contributed by atoms with Crippen molar-refractivity contribution in [3.8, 4) is 0 Å². The van der Waals surface area contributed by atoms with Crippen LogP contribution in [0.3, 0.4) is 0 Å². The van der Waals surface area contributed by atoms with Crippen molar-refractivity contribution in [1.82, 2.24) is 15.5 Å². The normalized spacial score (nSPS) is 16.4. The molecule has 1 aliphatic heterocycles. The number of rotatable bonds is 7. The van der Waals surface area contributed by atoms with E-state index in [9.17, 15) is 4.39 Å². The van der Waals surface area contributed by atoms with Crippen LogP contribution < -0.4 is 10.6 Å². The van der Waals surface area contributed by atoms with Crippen molar-refractivity contribution in [2.45, 2.75) is 32.6 Å². The lowest BCUT2D eigenvalue weighted by Gasteiger charge is -2.30. The SMILES string of the molecule is CN=C(NCCCN1CCC(C)CC1)NCCc1ccccc1F.I. The molecule has 2 N–H and O–H groups in total. The van der Waals surface area contributed by atoms with Crippen molar-refractivity contribution in [3.05, 3.63) is 35.6 Å². The van der Waals surface area contributed by atoms with Gasteiger partial charge in [0.15, 0.2) is 5.96 Å². The highest BCUT2D eigenvalue weighted by Crippen LogP contribution is 2.15. The molecule has 0 amide bonds. The number of guanidine groups is 1. The average Bonchev–Trinajstić information content (AvgIpc) is 2.60. The molecule has 1 heterocycles. The highest BCUT2D eigenvalue weighted by Gasteiger charge is 2.14. The molecule has 2 rings (SSSR count). The number of hydrogen-bond donors (Lipinski definition) is 2. The molecule has 142 valence electrons. The molecular formula is C19H32FIN4. The minimum Gasteiger partial charge on any atom is -0.356 e. The van der Waals surface area contributed by atoms with Gasteiger partial charge in [-0.1, -0.05) is 25.1 Å². The molecule has 0 saturated carbocycles. The van der Waals surface area contributed by atoms with Crippen LogP contribution in [0.1, 0.15) is 31.7 Å². The van der Waals surface area contributed by atoms with Crippen LogP contribution in [0.2, 0.25) is 0 Å². The summed E-state index contributed by atoms with van der Waals surface area (Å²) in [6, 6.07) is 6.92. The van der Waals surface area contributed by atoms with E-state index in [2.05, 4.69) is 27.4 Å². The van der Waals surface area contributed by atoms with Crippen LogP contribution in [0.25, 0.3) is 0 Å². The Bertz CT molecular complexity index is 516. The number of halogens is 2. The van der Waals surface area contributed by atoms with Gasteiger partial charge in [0.2, 0.25) is 0 Å². The van der Waals surface area contributed by atoms with Crippen LogP contribution in [-0.2, 0) is 6.42 Å². The molecule has 0 spiro atoms. The fourth-order valence-electron chi connectivity index (χ4n) is 3.03. The molecule has 0 atom stereocenters. The first kappa shape index (κ1) is 22.2. The fraction of sp³-hybridized carbons (Fsp3) is 0.632. The van der Waals surface area contributed by atoms with Crippen molar-refractivity contribution in [2.24, 2.45) is 10.9 Å². The van der Waals surface area contributed by atoms with E-state index in [1.807, 2.05) is 12.1 Å². The number of aliphatic imine (C=N–C) groups is 1. The number of nitrogens with one attached hydrogen (secondary N) is 2. The minimum absolute atomic E-state index is 0. The number of nitrogens with zero attached hydrogens (tertiary/aromatic N) is 2. The zero-order valence-corrected chi connectivity index (χ0v) is 17.8. The Labute approximate surface area is 168 Å². The van der Waals surface area contributed by atoms with E-state index in [1.54, 1.807) is 13.1 Å². The third kappa shape index (κ3) is 8.35. The van der Waals surface area contributed by atoms with Gasteiger partial charge in [-0.25, -0.2) is 4.39 Å². The molecule has 0 bridgehead atoms. The van der Waals surface area contributed by atoms with E-state index in [0.29, 0.717) is 13.0 Å². The van der Waals surface area contributed by atoms with Gasteiger partial charge >= 0.3 is 0 Å². The zero-order valence-electron chi connectivity index (χ0n) is 15.4. The van der Waals surface area contributed by atoms with Gasteiger partial charge in [0.1, 0.15) is 5.82 Å². The summed E-state index contributed by atoms with van der Waals surface area (Å²) in [5.41, 5.74) is 0.736. The summed E-state index contributed by atoms with van der Waals surface area (Å²) in [6.07, 6.45) is 4.42. The molecule has 6 heteroatoms. The standard InChI is InChI=1S/C19H31FN4.HI/c1-16-9-14-24(15-10-16)13-5-11-22-19(21-2)23-12-8-17-6-3-4-7-18(17)20;/h3-4,6-7,16H,5,8-15H2,1-2H3,(H2,21,22,23);1H. The smallest absolute Gasteiger partial charge is 0.190 e. The van der Waals surface area contributed by atoms with Crippen molar-refractivity contribution in [2.75, 3.05) is 39.8 Å². The summed E-state index contributed by atoms with van der Waals surface area (Å²) in [7, 11) is 1.77. The third-order valence-electron chi connectivity index (χ3n) is 4.69. The van der Waals surface area contributed by atoms with Gasteiger partial charge in [-0.2, -0.15) is 0 Å². The van der Waals surface area contributed by atoms with Gasteiger partial charge < -0.3 is 15.5 Å². The van der Waals surface area contributed by atoms with Crippen LogP contribution in [0.4, 0.5) is 4.39 Å². The predicted octanol–water partition coefficient (Wildman–Crippen LogP) is 3.27. The maximum atomic E-state index is 13.6. The van der Waals surface area contributed by atoms with Gasteiger partial charge in [-0.3, -0.25) is 4.99 Å². The molecule has 1 fully saturated rings. The maximum Gasteiger partial charge on any atom is 0.190 e. The summed E-state index contributed by atoms with van der Waals surface area (Å²) < 4.78 is 13.6. The second-order valence-corrected chi connectivity index (χ2v) is 6.64. The topological polar surface area (TPSA) is 39.7 Å². The molecule has 4 nitrogen and oxygen atoms in total. The van der Waals surface area contributed by atoms with E-state index in [-0.39, 0.29) is 29.8 Å². The predicted molar refractivity (Wildman–Crippen MR) is 114 cm³/mol. The van der Waals surface area contributed by atoms with Crippen molar-refractivity contribution >= 4 is 29.9 Å². The van der Waals surface area contributed by atoms with E-state index >= 15 is 0 Å². The average molecular weight is 462 g/mol. The lowest BCUT2D eigenvalue weighted by atomic mass is 9.99. The quantitative estimate of drug-likeness (QED) is 0.283. The van der Waals surface area contributed by atoms with Crippen LogP contribution >= 0.6 is 24.0 Å². The molecule has 1 aromatic rings. The molecule has 0 unspecified atom stereocenters. The van der Waals surface area contributed by atoms with Gasteiger partial charge in [-0.15, -0.1) is 24.0 Å². The Balaban J connectivity index is 0.00000312. The van der Waals surface area contributed by atoms with Crippen molar-refractivity contribution < 1.29 is 4.39 Å². The van der Waals surface area contributed by atoms with Gasteiger partial charge in [0.25, 0.3) is 0 Å². The van der Waals surface area contributed by atoms with E-state index in [0.717, 1.165) is 37.0 Å². The molecule has 1 saturated heterocycles. The molecule has 1 aromatic carbocycles. The van der Waals surface area contributed by atoms with Gasteiger partial charge in [0, 0.05) is 20.1 Å². The summed E-state index contributed by atoms with van der Waals surface area (Å²) in [5, 5.41) is 6.59. The van der Waals surface area contributed by atoms with E-state index < -0.39 is 0 Å². The molecular weight excluding hydrogens is 430 g/mol. The Morgan fingerprint density at radius 1 is 1.20 bits per heavy atom. The summed E-state index contributed by atoms with van der Waals surface area (Å²) in [6.45, 7) is 7.53. The first-order chi connectivity index (χ1) is 11.7. The second kappa shape index (κ2) is 12.5. The summed E-state index contributed by atoms with van der Waals surface area (Å²) in [4.78, 5) is 6.77. The first-order valence-electron chi connectivity index (χ1n) is 9.09. The Hall–Kier alpha value is -0.890. The molecule has 0 aliphatic carbocycles. The van der Waals surface area contributed by atoms with Crippen molar-refractivity contribution in [1.29, 1.82) is 0 Å². The zero-order chi connectivity index (χ0) is 17.2. The summed E-state index contributed by atoms with van der Waals surface area (Å²) in [5.74, 6) is 1.54. The molecule has 0 aromatic heterocycles. The number of hydrogen-bond acceptors (Lipinski definition) is 2. The van der Waals surface area contributed by atoms with Crippen molar-refractivity contribution in [3.63, 3.8) is 0 Å². The number of piperidine rings is 1. The Morgan fingerprint density at radius 3 is 2.56 bits per heavy atom. The summed E-state index contributed by atoms with van der Waals surface area (Å²) >= 11 is 0. The number of benzene rings is 1. The van der Waals surface area contributed by atoms with Crippen LogP contribution in [0, 0.1) is 11.7 Å². The van der Waals surface area contributed by atoms with Gasteiger partial charge in [-0.05, 0) is 62.9 Å². The highest BCUT2D eigenvalue weighted by molar-refractivity contribution is 14.0. The Kier molecular flexibility index (Phi) is 11.0. The Morgan fingerprint density at radius 2 is 1.88 bits per heavy atom. The second-order valence-electron chi connectivity index (χ2n) is 6.64. The van der Waals surface area contributed by atoms with Gasteiger partial charge in [0.05, 0.1) is 0 Å². The minimum atomic E-state index is -0.141. The molecule has 25 heavy (non-hydrogen) atoms. The number of likely N-dealkylation sites (tertiary alicyclic amines) is 1. The fourth-order valence-corrected chi connectivity index (χ4v) is 3.03. The van der Waals surface area contributed by atoms with E-state index in [1.165, 1.54) is 32.0 Å². The van der Waals surface area contributed by atoms with Crippen LogP contribution in [0.15, 0.2) is 29.3 Å². The maximum absolute atomic E-state index is 13.6. The lowest BCUT2D eigenvalue weighted by molar-refractivity contribution is 0.191. The van der Waals surface area contributed by atoms with Crippen LogP contribution in [0.5, 0.6) is 0 Å². The third-order valence-corrected chi connectivity index (χ3v) is 4.69.